The van der Waals surface area contributed by atoms with Crippen LogP contribution >= 0.6 is 0 Å². The number of guanidine groups is 1. The van der Waals surface area contributed by atoms with Crippen LogP contribution in [0.15, 0.2) is 4.99 Å². The monoisotopic (exact) mass is 239 g/mol. The molecule has 3 nitrogen and oxygen atoms in total. The minimum absolute atomic E-state index is 0.721. The van der Waals surface area contributed by atoms with E-state index in [1.165, 1.54) is 44.9 Å². The first-order chi connectivity index (χ1) is 8.27. The molecule has 0 aromatic heterocycles. The smallest absolute Gasteiger partial charge is 0.191 e. The Balaban J connectivity index is 2.33. The van der Waals surface area contributed by atoms with Gasteiger partial charge in [0, 0.05) is 19.6 Å². The van der Waals surface area contributed by atoms with Gasteiger partial charge in [-0.05, 0) is 31.6 Å². The van der Waals surface area contributed by atoms with Gasteiger partial charge in [-0.1, -0.05) is 33.1 Å². The molecule has 17 heavy (non-hydrogen) atoms. The lowest BCUT2D eigenvalue weighted by molar-refractivity contribution is 0.336. The summed E-state index contributed by atoms with van der Waals surface area (Å²) in [5.74, 6) is 1.50. The van der Waals surface area contributed by atoms with Crippen molar-refractivity contribution in [2.75, 3.05) is 19.6 Å². The normalized spacial score (nSPS) is 19.4. The molecule has 0 bridgehead atoms. The predicted molar refractivity (Wildman–Crippen MR) is 75.2 cm³/mol. The number of aliphatic imine (C=N–C) groups is 1. The highest BCUT2D eigenvalue weighted by Gasteiger charge is 2.12. The molecule has 2 N–H and O–H groups in total. The van der Waals surface area contributed by atoms with Crippen molar-refractivity contribution in [3.05, 3.63) is 0 Å². The summed E-state index contributed by atoms with van der Waals surface area (Å²) in [6.07, 6.45) is 8.99. The molecule has 0 spiro atoms. The number of hydrogen-bond acceptors (Lipinski definition) is 1. The van der Waals surface area contributed by atoms with Gasteiger partial charge in [0.2, 0.25) is 0 Å². The molecule has 0 amide bonds. The van der Waals surface area contributed by atoms with Crippen molar-refractivity contribution >= 4 is 5.96 Å². The van der Waals surface area contributed by atoms with Gasteiger partial charge in [0.05, 0.1) is 0 Å². The van der Waals surface area contributed by atoms with Gasteiger partial charge in [-0.15, -0.1) is 0 Å². The highest BCUT2D eigenvalue weighted by molar-refractivity contribution is 5.78. The summed E-state index contributed by atoms with van der Waals surface area (Å²) in [6, 6.07) is 0. The van der Waals surface area contributed by atoms with E-state index in [0.29, 0.717) is 0 Å². The zero-order valence-electron chi connectivity index (χ0n) is 11.6. The second kappa shape index (κ2) is 8.37. The molecule has 1 unspecified atom stereocenters. The van der Waals surface area contributed by atoms with E-state index in [1.807, 2.05) is 0 Å². The summed E-state index contributed by atoms with van der Waals surface area (Å²) in [5.41, 5.74) is 6.06. The second-order valence-electron chi connectivity index (χ2n) is 5.16. The molecule has 0 saturated carbocycles. The molecule has 100 valence electrons. The summed E-state index contributed by atoms with van der Waals surface area (Å²) in [7, 11) is 0. The van der Waals surface area contributed by atoms with Crippen molar-refractivity contribution in [3.8, 4) is 0 Å². The van der Waals surface area contributed by atoms with E-state index in [0.717, 1.165) is 31.5 Å². The predicted octanol–water partition coefficient (Wildman–Crippen LogP) is 3.00. The lowest BCUT2D eigenvalue weighted by Gasteiger charge is -2.27. The van der Waals surface area contributed by atoms with E-state index in [1.54, 1.807) is 0 Å². The SMILES string of the molecule is CCCCC(CC)CN=C(N)N1CCCCC1. The molecular weight excluding hydrogens is 210 g/mol. The van der Waals surface area contributed by atoms with E-state index in [9.17, 15) is 0 Å². The molecule has 0 radical (unpaired) electrons. The van der Waals surface area contributed by atoms with Gasteiger partial charge in [0.25, 0.3) is 0 Å². The number of rotatable bonds is 6. The van der Waals surface area contributed by atoms with Gasteiger partial charge >= 0.3 is 0 Å². The first-order valence-electron chi connectivity index (χ1n) is 7.32. The Labute approximate surface area is 106 Å². The van der Waals surface area contributed by atoms with Gasteiger partial charge in [-0.3, -0.25) is 4.99 Å². The zero-order chi connectivity index (χ0) is 12.5. The molecule has 0 aromatic rings. The first kappa shape index (κ1) is 14.3. The van der Waals surface area contributed by atoms with Crippen LogP contribution in [-0.4, -0.2) is 30.5 Å². The highest BCUT2D eigenvalue weighted by Crippen LogP contribution is 2.13. The van der Waals surface area contributed by atoms with Crippen molar-refractivity contribution in [2.45, 2.75) is 58.8 Å². The third kappa shape index (κ3) is 5.42. The van der Waals surface area contributed by atoms with E-state index in [4.69, 9.17) is 5.73 Å². The fourth-order valence-electron chi connectivity index (χ4n) is 2.36. The molecular formula is C14H29N3. The van der Waals surface area contributed by atoms with Crippen LogP contribution in [0.5, 0.6) is 0 Å². The first-order valence-corrected chi connectivity index (χ1v) is 7.32. The molecule has 0 aliphatic carbocycles. The van der Waals surface area contributed by atoms with E-state index < -0.39 is 0 Å². The summed E-state index contributed by atoms with van der Waals surface area (Å²) >= 11 is 0. The largest absolute Gasteiger partial charge is 0.370 e. The highest BCUT2D eigenvalue weighted by atomic mass is 15.2. The van der Waals surface area contributed by atoms with Crippen LogP contribution in [0.25, 0.3) is 0 Å². The quantitative estimate of drug-likeness (QED) is 0.572. The van der Waals surface area contributed by atoms with Gasteiger partial charge in [-0.25, -0.2) is 0 Å². The van der Waals surface area contributed by atoms with E-state index >= 15 is 0 Å². The topological polar surface area (TPSA) is 41.6 Å². The minimum Gasteiger partial charge on any atom is -0.370 e. The van der Waals surface area contributed by atoms with Crippen molar-refractivity contribution in [1.29, 1.82) is 0 Å². The van der Waals surface area contributed by atoms with E-state index in [2.05, 4.69) is 23.7 Å². The number of unbranched alkanes of at least 4 members (excludes halogenated alkanes) is 1. The average Bonchev–Trinajstić information content (AvgIpc) is 2.39. The van der Waals surface area contributed by atoms with Crippen LogP contribution in [0.1, 0.15) is 58.8 Å². The van der Waals surface area contributed by atoms with Gasteiger partial charge in [-0.2, -0.15) is 0 Å². The third-order valence-electron chi connectivity index (χ3n) is 3.73. The van der Waals surface area contributed by atoms with Crippen LogP contribution in [0.3, 0.4) is 0 Å². The number of nitrogens with zero attached hydrogens (tertiary/aromatic N) is 2. The van der Waals surface area contributed by atoms with Gasteiger partial charge < -0.3 is 10.6 Å². The van der Waals surface area contributed by atoms with Crippen molar-refractivity contribution < 1.29 is 0 Å². The molecule has 1 aliphatic rings. The standard InChI is InChI=1S/C14H29N3/c1-3-5-9-13(4-2)12-16-14(15)17-10-7-6-8-11-17/h13H,3-12H2,1-2H3,(H2,15,16). The molecule has 1 aliphatic heterocycles. The molecule has 1 rings (SSSR count). The number of nitrogens with two attached hydrogens (primary N) is 1. The maximum atomic E-state index is 6.06. The Morgan fingerprint density at radius 3 is 2.53 bits per heavy atom. The maximum absolute atomic E-state index is 6.06. The number of hydrogen-bond donors (Lipinski definition) is 1. The van der Waals surface area contributed by atoms with Crippen LogP contribution in [0.2, 0.25) is 0 Å². The Bertz CT molecular complexity index is 220. The van der Waals surface area contributed by atoms with Crippen LogP contribution in [0, 0.1) is 5.92 Å². The third-order valence-corrected chi connectivity index (χ3v) is 3.73. The van der Waals surface area contributed by atoms with Crippen molar-refractivity contribution in [1.82, 2.24) is 4.90 Å². The second-order valence-corrected chi connectivity index (χ2v) is 5.16. The lowest BCUT2D eigenvalue weighted by atomic mass is 10.00. The van der Waals surface area contributed by atoms with Crippen molar-refractivity contribution in [2.24, 2.45) is 16.6 Å². The molecule has 3 heteroatoms. The maximum Gasteiger partial charge on any atom is 0.191 e. The number of likely N-dealkylation sites (tertiary alicyclic amines) is 1. The van der Waals surface area contributed by atoms with Gasteiger partial charge in [0.15, 0.2) is 5.96 Å². The summed E-state index contributed by atoms with van der Waals surface area (Å²) in [5, 5.41) is 0. The van der Waals surface area contributed by atoms with Crippen LogP contribution in [-0.2, 0) is 0 Å². The molecule has 1 atom stereocenters. The molecule has 0 aromatic carbocycles. The van der Waals surface area contributed by atoms with Gasteiger partial charge in [0.1, 0.15) is 0 Å². The fourth-order valence-corrected chi connectivity index (χ4v) is 2.36. The van der Waals surface area contributed by atoms with E-state index in [-0.39, 0.29) is 0 Å². The fraction of sp³-hybridized carbons (Fsp3) is 0.929. The van der Waals surface area contributed by atoms with Crippen molar-refractivity contribution in [3.63, 3.8) is 0 Å². The summed E-state index contributed by atoms with van der Waals surface area (Å²) < 4.78 is 0. The molecule has 1 saturated heterocycles. The van der Waals surface area contributed by atoms with Crippen LogP contribution < -0.4 is 5.73 Å². The summed E-state index contributed by atoms with van der Waals surface area (Å²) in [6.45, 7) is 7.62. The average molecular weight is 239 g/mol. The Hall–Kier alpha value is -0.730. The van der Waals surface area contributed by atoms with Crippen LogP contribution in [0.4, 0.5) is 0 Å². The Kier molecular flexibility index (Phi) is 7.06. The Morgan fingerprint density at radius 2 is 1.94 bits per heavy atom. The lowest BCUT2D eigenvalue weighted by Crippen LogP contribution is -2.41. The zero-order valence-corrected chi connectivity index (χ0v) is 11.6. The minimum atomic E-state index is 0.721. The molecule has 1 heterocycles. The number of piperidine rings is 1. The Morgan fingerprint density at radius 1 is 1.24 bits per heavy atom. The summed E-state index contributed by atoms with van der Waals surface area (Å²) in [4.78, 5) is 6.84. The molecule has 1 fully saturated rings.